The second-order valence-corrected chi connectivity index (χ2v) is 7.62. The van der Waals surface area contributed by atoms with Crippen LogP contribution in [0.1, 0.15) is 60.3 Å². The van der Waals surface area contributed by atoms with E-state index in [-0.39, 0.29) is 35.9 Å². The number of nitrogens with zero attached hydrogens (tertiary/aromatic N) is 1. The second-order valence-electron chi connectivity index (χ2n) is 7.62. The molecule has 0 aromatic heterocycles. The lowest BCUT2D eigenvalue weighted by atomic mass is 9.87. The van der Waals surface area contributed by atoms with Gasteiger partial charge in [-0.2, -0.15) is 0 Å². The molecule has 1 amide bonds. The number of Topliss-reactive ketones (excluding diaryl/α,β-unsaturated/α-hetero) is 1. The van der Waals surface area contributed by atoms with E-state index in [9.17, 15) is 9.59 Å². The molecule has 0 spiro atoms. The lowest BCUT2D eigenvalue weighted by Crippen LogP contribution is -2.48. The van der Waals surface area contributed by atoms with Crippen molar-refractivity contribution >= 4 is 11.7 Å². The molecule has 6 atom stereocenters. The lowest BCUT2D eigenvalue weighted by Gasteiger charge is -2.35. The van der Waals surface area contributed by atoms with Gasteiger partial charge in [0.05, 0.1) is 24.7 Å². The molecule has 0 aliphatic carbocycles. The van der Waals surface area contributed by atoms with E-state index in [1.165, 1.54) is 0 Å². The van der Waals surface area contributed by atoms with E-state index in [0.717, 1.165) is 25.8 Å². The van der Waals surface area contributed by atoms with Gasteiger partial charge in [-0.15, -0.1) is 0 Å². The molecule has 0 aromatic rings. The average molecular weight is 356 g/mol. The molecule has 0 radical (unpaired) electrons. The molecule has 1 rings (SSSR count). The number of ketones is 1. The van der Waals surface area contributed by atoms with Crippen LogP contribution in [-0.2, 0) is 19.1 Å². The fourth-order valence-electron chi connectivity index (χ4n) is 3.88. The molecule has 1 fully saturated rings. The van der Waals surface area contributed by atoms with Crippen LogP contribution in [0, 0.1) is 17.8 Å². The van der Waals surface area contributed by atoms with E-state index in [1.54, 1.807) is 21.1 Å². The van der Waals surface area contributed by atoms with Crippen molar-refractivity contribution in [1.82, 2.24) is 4.90 Å². The summed E-state index contributed by atoms with van der Waals surface area (Å²) in [6, 6.07) is -0.0205. The lowest BCUT2D eigenvalue weighted by molar-refractivity contribution is -0.141. The molecular formula is C20H37NO4. The topological polar surface area (TPSA) is 55.8 Å². The molecular weight excluding hydrogens is 318 g/mol. The van der Waals surface area contributed by atoms with Crippen molar-refractivity contribution in [2.24, 2.45) is 17.8 Å². The highest BCUT2D eigenvalue weighted by atomic mass is 16.5. The molecule has 1 aliphatic heterocycles. The average Bonchev–Trinajstić information content (AvgIpc) is 3.08. The third-order valence-corrected chi connectivity index (χ3v) is 6.21. The number of likely N-dealkylation sites (tertiary alicyclic amines) is 1. The Morgan fingerprint density at radius 1 is 1.16 bits per heavy atom. The van der Waals surface area contributed by atoms with Crippen LogP contribution >= 0.6 is 0 Å². The van der Waals surface area contributed by atoms with Crippen LogP contribution in [0.25, 0.3) is 0 Å². The largest absolute Gasteiger partial charge is 0.381 e. The first-order valence-electron chi connectivity index (χ1n) is 9.63. The predicted octanol–water partition coefficient (Wildman–Crippen LogP) is 3.30. The highest BCUT2D eigenvalue weighted by Crippen LogP contribution is 2.29. The zero-order valence-corrected chi connectivity index (χ0v) is 17.1. The van der Waals surface area contributed by atoms with Gasteiger partial charge in [0.25, 0.3) is 0 Å². The van der Waals surface area contributed by atoms with E-state index in [2.05, 4.69) is 20.8 Å². The Hall–Kier alpha value is -0.940. The van der Waals surface area contributed by atoms with Gasteiger partial charge in [0, 0.05) is 26.7 Å². The molecule has 3 unspecified atom stereocenters. The van der Waals surface area contributed by atoms with E-state index < -0.39 is 0 Å². The molecule has 146 valence electrons. The van der Waals surface area contributed by atoms with Crippen molar-refractivity contribution in [2.75, 3.05) is 20.8 Å². The first-order valence-corrected chi connectivity index (χ1v) is 9.63. The SMILES string of the molecule is CC[C@H](C)[C@H](C)C(CC(=O)N1CCC[C@H]1C(OC)C(C)C(C)=O)OC. The molecule has 1 heterocycles. The highest BCUT2D eigenvalue weighted by Gasteiger charge is 2.39. The number of rotatable bonds is 10. The van der Waals surface area contributed by atoms with Crippen LogP contribution in [0.2, 0.25) is 0 Å². The van der Waals surface area contributed by atoms with Crippen molar-refractivity contribution in [3.63, 3.8) is 0 Å². The fourth-order valence-corrected chi connectivity index (χ4v) is 3.88. The fraction of sp³-hybridized carbons (Fsp3) is 0.900. The first-order chi connectivity index (χ1) is 11.8. The summed E-state index contributed by atoms with van der Waals surface area (Å²) in [5, 5.41) is 0. The highest BCUT2D eigenvalue weighted by molar-refractivity contribution is 5.80. The Kier molecular flexibility index (Phi) is 9.08. The van der Waals surface area contributed by atoms with Gasteiger partial charge < -0.3 is 14.4 Å². The summed E-state index contributed by atoms with van der Waals surface area (Å²) in [4.78, 5) is 26.7. The Balaban J connectivity index is 2.83. The molecule has 1 aliphatic rings. The molecule has 1 saturated heterocycles. The van der Waals surface area contributed by atoms with Crippen LogP contribution in [0.3, 0.4) is 0 Å². The van der Waals surface area contributed by atoms with Crippen LogP contribution in [0.5, 0.6) is 0 Å². The number of methoxy groups -OCH3 is 2. The van der Waals surface area contributed by atoms with Gasteiger partial charge in [-0.3, -0.25) is 9.59 Å². The first kappa shape index (κ1) is 22.1. The minimum atomic E-state index is -0.239. The van der Waals surface area contributed by atoms with Gasteiger partial charge >= 0.3 is 0 Å². The van der Waals surface area contributed by atoms with E-state index >= 15 is 0 Å². The predicted molar refractivity (Wildman–Crippen MR) is 99.4 cm³/mol. The number of hydrogen-bond acceptors (Lipinski definition) is 4. The van der Waals surface area contributed by atoms with Gasteiger partial charge in [-0.05, 0) is 31.6 Å². The molecule has 5 heteroatoms. The normalized spacial score (nSPS) is 23.8. The maximum absolute atomic E-state index is 13.0. The van der Waals surface area contributed by atoms with Gasteiger partial charge in [0.15, 0.2) is 0 Å². The Morgan fingerprint density at radius 3 is 2.28 bits per heavy atom. The van der Waals surface area contributed by atoms with Gasteiger partial charge in [-0.25, -0.2) is 0 Å². The van der Waals surface area contributed by atoms with Crippen molar-refractivity contribution in [3.05, 3.63) is 0 Å². The number of carbonyl (C=O) groups excluding carboxylic acids is 2. The number of carbonyl (C=O) groups is 2. The number of ether oxygens (including phenoxy) is 2. The molecule has 0 N–H and O–H groups in total. The summed E-state index contributed by atoms with van der Waals surface area (Å²) in [7, 11) is 3.32. The van der Waals surface area contributed by atoms with Crippen LogP contribution < -0.4 is 0 Å². The molecule has 5 nitrogen and oxygen atoms in total. The molecule has 0 saturated carbocycles. The third kappa shape index (κ3) is 5.52. The van der Waals surface area contributed by atoms with E-state index in [0.29, 0.717) is 18.3 Å². The molecule has 25 heavy (non-hydrogen) atoms. The minimum Gasteiger partial charge on any atom is -0.381 e. The van der Waals surface area contributed by atoms with Crippen LogP contribution in [0.15, 0.2) is 0 Å². The monoisotopic (exact) mass is 355 g/mol. The molecule has 0 bridgehead atoms. The maximum Gasteiger partial charge on any atom is 0.225 e. The Labute approximate surface area is 153 Å². The summed E-state index contributed by atoms with van der Waals surface area (Å²) < 4.78 is 11.3. The summed E-state index contributed by atoms with van der Waals surface area (Å²) in [5.74, 6) is 0.847. The van der Waals surface area contributed by atoms with Crippen molar-refractivity contribution in [3.8, 4) is 0 Å². The summed E-state index contributed by atoms with van der Waals surface area (Å²) in [6.45, 7) is 10.7. The van der Waals surface area contributed by atoms with E-state index in [4.69, 9.17) is 9.47 Å². The van der Waals surface area contributed by atoms with Crippen molar-refractivity contribution < 1.29 is 19.1 Å². The molecule has 0 aromatic carbocycles. The van der Waals surface area contributed by atoms with Crippen molar-refractivity contribution in [1.29, 1.82) is 0 Å². The van der Waals surface area contributed by atoms with Crippen LogP contribution in [0.4, 0.5) is 0 Å². The third-order valence-electron chi connectivity index (χ3n) is 6.21. The van der Waals surface area contributed by atoms with Gasteiger partial charge in [-0.1, -0.05) is 34.1 Å². The standard InChI is InChI=1S/C20H37NO4/c1-8-13(2)14(3)18(24-6)12-19(23)21-11-9-10-17(21)20(25-7)15(4)16(5)22/h13-15,17-18,20H,8-12H2,1-7H3/t13-,14-,15?,17-,18?,20?/m0/s1. The number of hydrogen-bond donors (Lipinski definition) is 0. The summed E-state index contributed by atoms with van der Waals surface area (Å²) in [5.41, 5.74) is 0. The second kappa shape index (κ2) is 10.3. The zero-order chi connectivity index (χ0) is 19.1. The Morgan fingerprint density at radius 2 is 1.80 bits per heavy atom. The Bertz CT molecular complexity index is 439. The summed E-state index contributed by atoms with van der Waals surface area (Å²) >= 11 is 0. The minimum absolute atomic E-state index is 0.0205. The maximum atomic E-state index is 13.0. The number of amides is 1. The quantitative estimate of drug-likeness (QED) is 0.603. The van der Waals surface area contributed by atoms with Crippen LogP contribution in [-0.4, -0.2) is 55.6 Å². The van der Waals surface area contributed by atoms with Crippen molar-refractivity contribution in [2.45, 2.75) is 78.6 Å². The van der Waals surface area contributed by atoms with Gasteiger partial charge in [0.1, 0.15) is 5.78 Å². The van der Waals surface area contributed by atoms with E-state index in [1.807, 2.05) is 11.8 Å². The zero-order valence-electron chi connectivity index (χ0n) is 17.1. The summed E-state index contributed by atoms with van der Waals surface area (Å²) in [6.07, 6.45) is 3.00. The smallest absolute Gasteiger partial charge is 0.225 e. The van der Waals surface area contributed by atoms with Gasteiger partial charge in [0.2, 0.25) is 5.91 Å².